The van der Waals surface area contributed by atoms with E-state index in [0.29, 0.717) is 21.3 Å². The van der Waals surface area contributed by atoms with Crippen molar-refractivity contribution >= 4 is 33.8 Å². The van der Waals surface area contributed by atoms with Gasteiger partial charge in [-0.3, -0.25) is 4.79 Å². The number of nitrogens with one attached hydrogen (secondary N) is 2. The van der Waals surface area contributed by atoms with Crippen LogP contribution in [0.5, 0.6) is 5.75 Å². The van der Waals surface area contributed by atoms with E-state index in [1.165, 1.54) is 16.9 Å². The van der Waals surface area contributed by atoms with Gasteiger partial charge in [-0.1, -0.05) is 42.5 Å². The first kappa shape index (κ1) is 17.9. The Bertz CT molecular complexity index is 950. The Morgan fingerprint density at radius 3 is 2.73 bits per heavy atom. The van der Waals surface area contributed by atoms with Gasteiger partial charge in [-0.25, -0.2) is 4.98 Å². The second-order valence-corrected chi connectivity index (χ2v) is 7.05. The van der Waals surface area contributed by atoms with Crippen LogP contribution in [0.1, 0.15) is 33.3 Å². The number of aromatic nitrogens is 1. The third-order valence-corrected chi connectivity index (χ3v) is 5.16. The average Bonchev–Trinajstić information content (AvgIpc) is 3.11. The van der Waals surface area contributed by atoms with Crippen LogP contribution in [0.15, 0.2) is 42.6 Å². The minimum atomic E-state index is -0.240. The summed E-state index contributed by atoms with van der Waals surface area (Å²) in [6, 6.07) is 11.4. The van der Waals surface area contributed by atoms with E-state index in [1.54, 1.807) is 25.3 Å². The molecule has 0 saturated heterocycles. The number of phenols is 1. The quantitative estimate of drug-likeness (QED) is 0.592. The van der Waals surface area contributed by atoms with Crippen LogP contribution >= 0.6 is 11.3 Å². The number of phenolic OH excluding ortho intramolecular Hbond substituents is 1. The van der Waals surface area contributed by atoms with E-state index in [9.17, 15) is 9.90 Å². The Balaban J connectivity index is 1.78. The molecular formula is C20H21N3O2S. The first-order valence-electron chi connectivity index (χ1n) is 8.41. The molecule has 6 heteroatoms. The van der Waals surface area contributed by atoms with E-state index in [2.05, 4.69) is 28.6 Å². The zero-order chi connectivity index (χ0) is 18.7. The van der Waals surface area contributed by atoms with E-state index in [4.69, 9.17) is 0 Å². The maximum Gasteiger partial charge on any atom is 0.267 e. The first-order chi connectivity index (χ1) is 12.5. The molecule has 0 spiro atoms. The van der Waals surface area contributed by atoms with Gasteiger partial charge in [0.25, 0.3) is 5.91 Å². The number of hydrogen-bond acceptors (Lipinski definition) is 5. The Labute approximate surface area is 156 Å². The summed E-state index contributed by atoms with van der Waals surface area (Å²) in [5.41, 5.74) is 4.37. The van der Waals surface area contributed by atoms with Gasteiger partial charge in [-0.2, -0.15) is 0 Å². The van der Waals surface area contributed by atoms with E-state index in [0.717, 1.165) is 17.7 Å². The van der Waals surface area contributed by atoms with E-state index < -0.39 is 0 Å². The molecule has 0 aliphatic rings. The molecule has 3 rings (SSSR count). The highest BCUT2D eigenvalue weighted by Crippen LogP contribution is 2.30. The Morgan fingerprint density at radius 2 is 1.96 bits per heavy atom. The fraction of sp³-hybridized carbons (Fsp3) is 0.200. The minimum Gasteiger partial charge on any atom is -0.508 e. The second kappa shape index (κ2) is 7.58. The van der Waals surface area contributed by atoms with Crippen LogP contribution in [0.4, 0.5) is 16.5 Å². The van der Waals surface area contributed by atoms with Crippen LogP contribution in [-0.4, -0.2) is 16.0 Å². The van der Waals surface area contributed by atoms with Gasteiger partial charge < -0.3 is 15.7 Å². The Kier molecular flexibility index (Phi) is 5.23. The smallest absolute Gasteiger partial charge is 0.267 e. The predicted octanol–water partition coefficient (Wildman–Crippen LogP) is 5.02. The molecule has 0 bridgehead atoms. The van der Waals surface area contributed by atoms with Crippen LogP contribution in [0.3, 0.4) is 0 Å². The van der Waals surface area contributed by atoms with Crippen molar-refractivity contribution in [2.24, 2.45) is 0 Å². The lowest BCUT2D eigenvalue weighted by atomic mass is 10.1. The van der Waals surface area contributed by atoms with Gasteiger partial charge in [-0.05, 0) is 43.5 Å². The van der Waals surface area contributed by atoms with Crippen molar-refractivity contribution in [3.63, 3.8) is 0 Å². The number of para-hydroxylation sites is 1. The third kappa shape index (κ3) is 3.70. The molecule has 0 fully saturated rings. The van der Waals surface area contributed by atoms with Crippen LogP contribution < -0.4 is 10.6 Å². The average molecular weight is 367 g/mol. The molecule has 0 radical (unpaired) electrons. The number of carbonyl (C=O) groups excluding carboxylic acids is 1. The van der Waals surface area contributed by atoms with Crippen LogP contribution in [0.2, 0.25) is 0 Å². The molecule has 1 heterocycles. The topological polar surface area (TPSA) is 74.2 Å². The summed E-state index contributed by atoms with van der Waals surface area (Å²) in [6.07, 6.45) is 2.47. The van der Waals surface area contributed by atoms with Gasteiger partial charge in [0.15, 0.2) is 5.13 Å². The van der Waals surface area contributed by atoms with Gasteiger partial charge in [0, 0.05) is 11.3 Å². The van der Waals surface area contributed by atoms with Crippen LogP contribution in [0.25, 0.3) is 0 Å². The second-order valence-electron chi connectivity index (χ2n) is 6.02. The maximum absolute atomic E-state index is 12.6. The summed E-state index contributed by atoms with van der Waals surface area (Å²) in [5, 5.41) is 16.7. The SMILES string of the molecule is CCc1ccccc1Nc1ncc(C(=O)Nc2c(C)ccc(O)c2C)s1. The number of aromatic hydroxyl groups is 1. The van der Waals surface area contributed by atoms with E-state index >= 15 is 0 Å². The summed E-state index contributed by atoms with van der Waals surface area (Å²) < 4.78 is 0. The molecule has 0 saturated carbocycles. The number of rotatable bonds is 5. The highest BCUT2D eigenvalue weighted by Gasteiger charge is 2.15. The maximum atomic E-state index is 12.6. The van der Waals surface area contributed by atoms with Crippen molar-refractivity contribution in [2.45, 2.75) is 27.2 Å². The minimum absolute atomic E-state index is 0.161. The molecule has 1 amide bonds. The molecule has 3 N–H and O–H groups in total. The van der Waals surface area contributed by atoms with Crippen molar-refractivity contribution < 1.29 is 9.90 Å². The van der Waals surface area contributed by atoms with Crippen molar-refractivity contribution in [1.29, 1.82) is 0 Å². The summed E-state index contributed by atoms with van der Waals surface area (Å²) in [5.74, 6) is -0.0788. The zero-order valence-electron chi connectivity index (χ0n) is 15.0. The summed E-state index contributed by atoms with van der Waals surface area (Å²) >= 11 is 1.29. The van der Waals surface area contributed by atoms with Gasteiger partial charge in [0.05, 0.1) is 11.9 Å². The molecule has 0 aliphatic heterocycles. The van der Waals surface area contributed by atoms with Crippen molar-refractivity contribution in [3.05, 3.63) is 64.2 Å². The summed E-state index contributed by atoms with van der Waals surface area (Å²) in [4.78, 5) is 17.4. The Morgan fingerprint density at radius 1 is 1.19 bits per heavy atom. The fourth-order valence-electron chi connectivity index (χ4n) is 2.71. The monoisotopic (exact) mass is 367 g/mol. The molecule has 2 aromatic carbocycles. The normalized spacial score (nSPS) is 10.6. The lowest BCUT2D eigenvalue weighted by Gasteiger charge is -2.12. The molecule has 0 aliphatic carbocycles. The molecule has 0 atom stereocenters. The van der Waals surface area contributed by atoms with E-state index in [-0.39, 0.29) is 11.7 Å². The zero-order valence-corrected chi connectivity index (χ0v) is 15.8. The largest absolute Gasteiger partial charge is 0.508 e. The van der Waals surface area contributed by atoms with Gasteiger partial charge >= 0.3 is 0 Å². The van der Waals surface area contributed by atoms with Crippen molar-refractivity contribution in [3.8, 4) is 5.75 Å². The number of anilines is 3. The molecule has 5 nitrogen and oxygen atoms in total. The molecular weight excluding hydrogens is 346 g/mol. The number of benzene rings is 2. The van der Waals surface area contributed by atoms with Crippen molar-refractivity contribution in [2.75, 3.05) is 10.6 Å². The highest BCUT2D eigenvalue weighted by molar-refractivity contribution is 7.17. The van der Waals surface area contributed by atoms with E-state index in [1.807, 2.05) is 25.1 Å². The molecule has 1 aromatic heterocycles. The number of hydrogen-bond donors (Lipinski definition) is 3. The summed E-state index contributed by atoms with van der Waals surface area (Å²) in [7, 11) is 0. The number of aryl methyl sites for hydroxylation is 2. The van der Waals surface area contributed by atoms with Gasteiger partial charge in [0.2, 0.25) is 0 Å². The number of nitrogens with zero attached hydrogens (tertiary/aromatic N) is 1. The Hall–Kier alpha value is -2.86. The molecule has 3 aromatic rings. The van der Waals surface area contributed by atoms with Crippen LogP contribution in [0, 0.1) is 13.8 Å². The lowest BCUT2D eigenvalue weighted by molar-refractivity contribution is 0.103. The predicted molar refractivity (Wildman–Crippen MR) is 107 cm³/mol. The fourth-order valence-corrected chi connectivity index (χ4v) is 3.43. The highest BCUT2D eigenvalue weighted by atomic mass is 32.1. The molecule has 26 heavy (non-hydrogen) atoms. The number of amides is 1. The van der Waals surface area contributed by atoms with Gasteiger partial charge in [-0.15, -0.1) is 0 Å². The standard InChI is InChI=1S/C20H21N3O2S/c1-4-14-7-5-6-8-15(14)22-20-21-11-17(26-20)19(25)23-18-12(2)9-10-16(24)13(18)3/h5-11,24H,4H2,1-3H3,(H,21,22)(H,23,25). The molecule has 0 unspecified atom stereocenters. The first-order valence-corrected chi connectivity index (χ1v) is 9.22. The third-order valence-electron chi connectivity index (χ3n) is 4.25. The lowest BCUT2D eigenvalue weighted by Crippen LogP contribution is -2.12. The van der Waals surface area contributed by atoms with Crippen LogP contribution in [-0.2, 0) is 6.42 Å². The number of thiazole rings is 1. The van der Waals surface area contributed by atoms with Gasteiger partial charge in [0.1, 0.15) is 10.6 Å². The van der Waals surface area contributed by atoms with Crippen molar-refractivity contribution in [1.82, 2.24) is 4.98 Å². The summed E-state index contributed by atoms with van der Waals surface area (Å²) in [6.45, 7) is 5.77. The molecule has 134 valence electrons. The number of carbonyl (C=O) groups is 1.